The number of amides is 1. The molecule has 3 aliphatic rings. The van der Waals surface area contributed by atoms with Gasteiger partial charge in [0, 0.05) is 17.4 Å². The number of benzene rings is 1. The number of likely N-dealkylation sites (tertiary alicyclic amines) is 1. The smallest absolute Gasteiger partial charge is 0.416 e. The van der Waals surface area contributed by atoms with Gasteiger partial charge in [-0.3, -0.25) is 9.69 Å². The number of aromatic nitrogens is 2. The lowest BCUT2D eigenvalue weighted by Gasteiger charge is -2.44. The lowest BCUT2D eigenvalue weighted by atomic mass is 9.90. The molecule has 3 aromatic rings. The fraction of sp³-hybridized carbons (Fsp3) is 0.348. The van der Waals surface area contributed by atoms with Crippen LogP contribution >= 0.6 is 0 Å². The Morgan fingerprint density at radius 1 is 1.19 bits per heavy atom. The van der Waals surface area contributed by atoms with Gasteiger partial charge in [-0.25, -0.2) is 14.4 Å². The zero-order valence-electron chi connectivity index (χ0n) is 18.3. The number of nitrogen functional groups attached to an aromatic ring is 1. The number of pyridine rings is 2. The molecule has 0 radical (unpaired) electrons. The normalized spacial score (nSPS) is 22.2. The van der Waals surface area contributed by atoms with Crippen molar-refractivity contribution in [3.05, 3.63) is 58.2 Å². The molecule has 13 heteroatoms. The monoisotopic (exact) mass is 506 g/mol. The van der Waals surface area contributed by atoms with Crippen molar-refractivity contribution in [2.24, 2.45) is 0 Å². The molecule has 6 rings (SSSR count). The van der Waals surface area contributed by atoms with Crippen molar-refractivity contribution >= 4 is 22.6 Å². The van der Waals surface area contributed by atoms with Crippen LogP contribution in [0, 0.1) is 5.82 Å². The molecule has 0 saturated carbocycles. The van der Waals surface area contributed by atoms with E-state index >= 15 is 4.39 Å². The molecule has 2 aromatic heterocycles. The summed E-state index contributed by atoms with van der Waals surface area (Å²) in [5, 5.41) is 22.0. The fourth-order valence-electron chi connectivity index (χ4n) is 5.15. The average molecular weight is 506 g/mol. The quantitative estimate of drug-likeness (QED) is 0.339. The maximum absolute atomic E-state index is 15.0. The van der Waals surface area contributed by atoms with Gasteiger partial charge in [0.1, 0.15) is 35.2 Å². The van der Waals surface area contributed by atoms with Gasteiger partial charge in [-0.2, -0.15) is 13.2 Å². The van der Waals surface area contributed by atoms with E-state index in [1.807, 2.05) is 0 Å². The summed E-state index contributed by atoms with van der Waals surface area (Å²) in [5.74, 6) is -5.12. The van der Waals surface area contributed by atoms with E-state index in [0.29, 0.717) is 39.1 Å². The van der Waals surface area contributed by atoms with E-state index in [0.717, 1.165) is 0 Å². The Morgan fingerprint density at radius 2 is 1.94 bits per heavy atom. The SMILES string of the molecule is Nc1nc2cnc(C(=O)N3C4c5c(F)cc(C(F)(F)F)cc5OC4CCC3(O)O)cc2c2c1COC2. The number of ether oxygens (including phenoxy) is 2. The lowest BCUT2D eigenvalue weighted by Crippen LogP contribution is -2.59. The molecule has 0 aliphatic carbocycles. The molecular weight excluding hydrogens is 488 g/mol. The number of aliphatic hydroxyl groups is 2. The van der Waals surface area contributed by atoms with Gasteiger partial charge in [0.15, 0.2) is 0 Å². The topological polar surface area (TPSA) is 131 Å². The molecule has 36 heavy (non-hydrogen) atoms. The third-order valence-electron chi connectivity index (χ3n) is 6.83. The highest BCUT2D eigenvalue weighted by Crippen LogP contribution is 2.51. The number of carbonyl (C=O) groups excluding carboxylic acids is 1. The van der Waals surface area contributed by atoms with Crippen molar-refractivity contribution in [2.75, 3.05) is 5.73 Å². The summed E-state index contributed by atoms with van der Waals surface area (Å²) in [6.07, 6.45) is -4.94. The largest absolute Gasteiger partial charge is 0.487 e. The lowest BCUT2D eigenvalue weighted by molar-refractivity contribution is -0.281. The van der Waals surface area contributed by atoms with Gasteiger partial charge in [-0.15, -0.1) is 0 Å². The van der Waals surface area contributed by atoms with Gasteiger partial charge in [0.05, 0.1) is 36.1 Å². The molecule has 0 bridgehead atoms. The van der Waals surface area contributed by atoms with Crippen molar-refractivity contribution < 1.29 is 42.0 Å². The summed E-state index contributed by atoms with van der Waals surface area (Å²) >= 11 is 0. The van der Waals surface area contributed by atoms with Gasteiger partial charge in [-0.1, -0.05) is 0 Å². The van der Waals surface area contributed by atoms with Crippen molar-refractivity contribution in [1.82, 2.24) is 14.9 Å². The van der Waals surface area contributed by atoms with Crippen LogP contribution in [-0.4, -0.2) is 43.0 Å². The first-order valence-electron chi connectivity index (χ1n) is 11.0. The summed E-state index contributed by atoms with van der Waals surface area (Å²) in [4.78, 5) is 22.6. The highest BCUT2D eigenvalue weighted by Gasteiger charge is 2.55. The number of nitrogens with zero attached hydrogens (tertiary/aromatic N) is 3. The van der Waals surface area contributed by atoms with Crippen LogP contribution in [0.25, 0.3) is 10.9 Å². The van der Waals surface area contributed by atoms with E-state index in [-0.39, 0.29) is 43.1 Å². The minimum Gasteiger partial charge on any atom is -0.487 e. The number of fused-ring (bicyclic) bond motifs is 6. The second-order valence-corrected chi connectivity index (χ2v) is 8.99. The highest BCUT2D eigenvalue weighted by atomic mass is 19.4. The fourth-order valence-corrected chi connectivity index (χ4v) is 5.15. The summed E-state index contributed by atoms with van der Waals surface area (Å²) in [6, 6.07) is 0.946. The number of hydrogen-bond donors (Lipinski definition) is 3. The Bertz CT molecular complexity index is 1440. The Labute approximate surface area is 200 Å². The summed E-state index contributed by atoms with van der Waals surface area (Å²) < 4.78 is 65.6. The first kappa shape index (κ1) is 22.9. The molecule has 2 atom stereocenters. The molecule has 5 heterocycles. The van der Waals surface area contributed by atoms with E-state index < -0.39 is 47.3 Å². The Morgan fingerprint density at radius 3 is 2.69 bits per heavy atom. The third kappa shape index (κ3) is 3.30. The van der Waals surface area contributed by atoms with E-state index in [1.165, 1.54) is 12.3 Å². The van der Waals surface area contributed by atoms with Crippen LogP contribution in [0.1, 0.15) is 51.6 Å². The number of alkyl halides is 3. The zero-order valence-corrected chi connectivity index (χ0v) is 18.3. The molecule has 1 saturated heterocycles. The minimum absolute atomic E-state index is 0.0455. The number of anilines is 1. The Balaban J connectivity index is 1.46. The van der Waals surface area contributed by atoms with Crippen LogP contribution in [0.5, 0.6) is 5.75 Å². The minimum atomic E-state index is -4.82. The molecule has 3 aliphatic heterocycles. The van der Waals surface area contributed by atoms with Crippen molar-refractivity contribution in [1.29, 1.82) is 0 Å². The summed E-state index contributed by atoms with van der Waals surface area (Å²) in [7, 11) is 0. The number of rotatable bonds is 1. The van der Waals surface area contributed by atoms with Crippen LogP contribution in [0.4, 0.5) is 23.4 Å². The number of hydrogen-bond acceptors (Lipinski definition) is 8. The van der Waals surface area contributed by atoms with E-state index in [1.54, 1.807) is 0 Å². The molecule has 0 spiro atoms. The highest BCUT2D eigenvalue weighted by molar-refractivity contribution is 5.97. The number of carbonyl (C=O) groups is 1. The van der Waals surface area contributed by atoms with Crippen molar-refractivity contribution in [3.8, 4) is 5.75 Å². The van der Waals surface area contributed by atoms with E-state index in [9.17, 15) is 28.2 Å². The third-order valence-corrected chi connectivity index (χ3v) is 6.83. The van der Waals surface area contributed by atoms with Gasteiger partial charge in [0.2, 0.25) is 5.91 Å². The maximum atomic E-state index is 15.0. The average Bonchev–Trinajstić information content (AvgIpc) is 3.43. The van der Waals surface area contributed by atoms with Crippen LogP contribution < -0.4 is 10.5 Å². The Hall–Kier alpha value is -3.55. The molecule has 1 amide bonds. The molecule has 2 unspecified atom stereocenters. The van der Waals surface area contributed by atoms with Crippen LogP contribution in [0.2, 0.25) is 0 Å². The molecular formula is C23H18F4N4O5. The second kappa shape index (κ2) is 7.48. The number of halogens is 4. The standard InChI is InChI=1S/C23H18F4N4O5/c24-13-3-9(23(25,26)27)4-17-18(13)19-16(36-17)1-2-22(33,34)31(19)21(32)14-5-10-11-7-35-8-12(11)20(28)30-15(10)6-29-14/h3-6,16,19,33-34H,1-2,7-8H2,(H2,28,30). The molecule has 4 N–H and O–H groups in total. The number of piperidine rings is 1. The molecule has 9 nitrogen and oxygen atoms in total. The van der Waals surface area contributed by atoms with Crippen LogP contribution in [0.3, 0.4) is 0 Å². The summed E-state index contributed by atoms with van der Waals surface area (Å²) in [6.45, 7) is 0.470. The summed E-state index contributed by atoms with van der Waals surface area (Å²) in [5.41, 5.74) is 5.91. The second-order valence-electron chi connectivity index (χ2n) is 8.99. The molecule has 188 valence electrons. The predicted octanol–water partition coefficient (Wildman–Crippen LogP) is 2.78. The molecule has 1 aromatic carbocycles. The Kier molecular flexibility index (Phi) is 4.75. The maximum Gasteiger partial charge on any atom is 0.416 e. The zero-order chi connectivity index (χ0) is 25.6. The van der Waals surface area contributed by atoms with Crippen LogP contribution in [0.15, 0.2) is 24.4 Å². The van der Waals surface area contributed by atoms with Crippen molar-refractivity contribution in [3.63, 3.8) is 0 Å². The molecule has 1 fully saturated rings. The first-order valence-corrected chi connectivity index (χ1v) is 11.0. The van der Waals surface area contributed by atoms with Gasteiger partial charge in [0.25, 0.3) is 5.91 Å². The van der Waals surface area contributed by atoms with E-state index in [2.05, 4.69) is 9.97 Å². The predicted molar refractivity (Wildman–Crippen MR) is 114 cm³/mol. The van der Waals surface area contributed by atoms with E-state index in [4.69, 9.17) is 15.2 Å². The van der Waals surface area contributed by atoms with Gasteiger partial charge in [-0.05, 0) is 30.2 Å². The number of nitrogens with two attached hydrogens (primary N) is 1. The van der Waals surface area contributed by atoms with Gasteiger partial charge >= 0.3 is 6.18 Å². The van der Waals surface area contributed by atoms with Crippen molar-refractivity contribution in [2.45, 2.75) is 50.3 Å². The van der Waals surface area contributed by atoms with Crippen LogP contribution in [-0.2, 0) is 24.1 Å². The van der Waals surface area contributed by atoms with Gasteiger partial charge < -0.3 is 25.4 Å². The first-order chi connectivity index (χ1) is 17.0.